The Morgan fingerprint density at radius 2 is 1.86 bits per heavy atom. The van der Waals surface area contributed by atoms with E-state index in [9.17, 15) is 5.11 Å². The Kier molecular flexibility index (Phi) is 3.67. The van der Waals surface area contributed by atoms with Crippen LogP contribution in [0.1, 0.15) is 25.5 Å². The molecule has 0 bridgehead atoms. The van der Waals surface area contributed by atoms with E-state index in [-0.39, 0.29) is 5.41 Å². The summed E-state index contributed by atoms with van der Waals surface area (Å²) >= 11 is 0. The van der Waals surface area contributed by atoms with Crippen LogP contribution in [0.2, 0.25) is 0 Å². The van der Waals surface area contributed by atoms with Gasteiger partial charge >= 0.3 is 0 Å². The number of rotatable bonds is 4. The molecule has 2 nitrogen and oxygen atoms in total. The molecule has 0 heterocycles. The minimum absolute atomic E-state index is 0.254. The molecule has 1 aromatic carbocycles. The Bertz CT molecular complexity index is 267. The molecule has 1 rings (SSSR count). The lowest BCUT2D eigenvalue weighted by Crippen LogP contribution is -2.27. The van der Waals surface area contributed by atoms with Crippen molar-refractivity contribution < 1.29 is 9.84 Å². The van der Waals surface area contributed by atoms with Crippen LogP contribution >= 0.6 is 0 Å². The lowest BCUT2D eigenvalue weighted by molar-refractivity contribution is -0.00960. The molecule has 0 radical (unpaired) electrons. The Balaban J connectivity index is 2.79. The fourth-order valence-electron chi connectivity index (χ4n) is 1.54. The maximum Gasteiger partial charge on any atom is 0.0862 e. The van der Waals surface area contributed by atoms with Crippen LogP contribution in [0, 0.1) is 5.41 Å². The summed E-state index contributed by atoms with van der Waals surface area (Å²) < 4.78 is 5.09. The van der Waals surface area contributed by atoms with Crippen molar-refractivity contribution in [3.8, 4) is 0 Å². The first-order valence-corrected chi connectivity index (χ1v) is 4.80. The minimum atomic E-state index is -0.483. The fraction of sp³-hybridized carbons (Fsp3) is 0.500. The smallest absolute Gasteiger partial charge is 0.0862 e. The van der Waals surface area contributed by atoms with Gasteiger partial charge in [-0.2, -0.15) is 0 Å². The third kappa shape index (κ3) is 2.56. The molecular formula is C12H18O2. The molecule has 0 aliphatic rings. The molecule has 0 aromatic heterocycles. The molecule has 0 spiro atoms. The van der Waals surface area contributed by atoms with Crippen molar-refractivity contribution in [1.29, 1.82) is 0 Å². The highest BCUT2D eigenvalue weighted by atomic mass is 16.5. The van der Waals surface area contributed by atoms with Crippen molar-refractivity contribution in [2.45, 2.75) is 20.0 Å². The molecule has 0 saturated carbocycles. The van der Waals surface area contributed by atoms with Crippen LogP contribution in [0.4, 0.5) is 0 Å². The summed E-state index contributed by atoms with van der Waals surface area (Å²) in [5, 5.41) is 10.1. The first kappa shape index (κ1) is 11.2. The molecule has 78 valence electrons. The van der Waals surface area contributed by atoms with Gasteiger partial charge in [0.05, 0.1) is 12.7 Å². The van der Waals surface area contributed by atoms with E-state index in [2.05, 4.69) is 0 Å². The first-order valence-electron chi connectivity index (χ1n) is 4.80. The van der Waals surface area contributed by atoms with E-state index in [1.165, 1.54) is 0 Å². The van der Waals surface area contributed by atoms with Crippen LogP contribution < -0.4 is 0 Å². The number of methoxy groups -OCH3 is 1. The van der Waals surface area contributed by atoms with Gasteiger partial charge in [-0.15, -0.1) is 0 Å². The summed E-state index contributed by atoms with van der Waals surface area (Å²) in [5.74, 6) is 0. The normalized spacial score (nSPS) is 14.0. The molecular weight excluding hydrogens is 176 g/mol. The van der Waals surface area contributed by atoms with E-state index < -0.39 is 6.10 Å². The number of hydrogen-bond donors (Lipinski definition) is 1. The number of aliphatic hydroxyl groups is 1. The summed E-state index contributed by atoms with van der Waals surface area (Å²) in [6.45, 7) is 4.53. The SMILES string of the molecule is COCC(C)(C)[C@@H](O)c1ccccc1. The van der Waals surface area contributed by atoms with Crippen LogP contribution in [-0.4, -0.2) is 18.8 Å². The van der Waals surface area contributed by atoms with Crippen molar-refractivity contribution in [2.24, 2.45) is 5.41 Å². The van der Waals surface area contributed by atoms with Crippen LogP contribution in [0.3, 0.4) is 0 Å². The predicted octanol–water partition coefficient (Wildman–Crippen LogP) is 2.39. The monoisotopic (exact) mass is 194 g/mol. The Hall–Kier alpha value is -0.860. The first-order chi connectivity index (χ1) is 6.58. The summed E-state index contributed by atoms with van der Waals surface area (Å²) in [6.07, 6.45) is -0.483. The van der Waals surface area contributed by atoms with Gasteiger partial charge in [0.1, 0.15) is 0 Å². The number of aliphatic hydroxyl groups excluding tert-OH is 1. The van der Waals surface area contributed by atoms with Gasteiger partial charge in [0.15, 0.2) is 0 Å². The topological polar surface area (TPSA) is 29.5 Å². The van der Waals surface area contributed by atoms with E-state index in [1.54, 1.807) is 7.11 Å². The Morgan fingerprint density at radius 3 is 2.36 bits per heavy atom. The molecule has 14 heavy (non-hydrogen) atoms. The van der Waals surface area contributed by atoms with Crippen molar-refractivity contribution >= 4 is 0 Å². The third-order valence-corrected chi connectivity index (χ3v) is 2.37. The van der Waals surface area contributed by atoms with Gasteiger partial charge in [-0.1, -0.05) is 44.2 Å². The minimum Gasteiger partial charge on any atom is -0.388 e. The van der Waals surface area contributed by atoms with E-state index in [4.69, 9.17) is 4.74 Å². The fourth-order valence-corrected chi connectivity index (χ4v) is 1.54. The largest absolute Gasteiger partial charge is 0.388 e. The third-order valence-electron chi connectivity index (χ3n) is 2.37. The maximum atomic E-state index is 10.1. The number of benzene rings is 1. The zero-order valence-corrected chi connectivity index (χ0v) is 9.03. The average Bonchev–Trinajstić information content (AvgIpc) is 2.18. The van der Waals surface area contributed by atoms with Crippen molar-refractivity contribution in [3.63, 3.8) is 0 Å². The molecule has 1 N–H and O–H groups in total. The van der Waals surface area contributed by atoms with Gasteiger partial charge in [-0.3, -0.25) is 0 Å². The molecule has 1 aromatic rings. The summed E-state index contributed by atoms with van der Waals surface area (Å²) in [5.41, 5.74) is 0.686. The summed E-state index contributed by atoms with van der Waals surface area (Å²) in [7, 11) is 1.65. The lowest BCUT2D eigenvalue weighted by atomic mass is 9.83. The summed E-state index contributed by atoms with van der Waals surface area (Å²) in [4.78, 5) is 0. The van der Waals surface area contributed by atoms with Gasteiger partial charge < -0.3 is 9.84 Å². The molecule has 0 aliphatic carbocycles. The second kappa shape index (κ2) is 4.58. The van der Waals surface area contributed by atoms with Gasteiger partial charge in [0.25, 0.3) is 0 Å². The van der Waals surface area contributed by atoms with Crippen LogP contribution in [0.15, 0.2) is 30.3 Å². The Labute approximate surface area is 85.5 Å². The molecule has 2 heteroatoms. The second-order valence-electron chi connectivity index (χ2n) is 4.23. The molecule has 0 aliphatic heterocycles. The zero-order valence-electron chi connectivity index (χ0n) is 9.03. The van der Waals surface area contributed by atoms with E-state index in [0.29, 0.717) is 6.61 Å². The molecule has 0 saturated heterocycles. The quantitative estimate of drug-likeness (QED) is 0.797. The standard InChI is InChI=1S/C12H18O2/c1-12(2,9-14-3)11(13)10-7-5-4-6-8-10/h4-8,11,13H,9H2,1-3H3/t11-/m0/s1. The predicted molar refractivity (Wildman–Crippen MR) is 57.1 cm³/mol. The molecule has 1 atom stereocenters. The summed E-state index contributed by atoms with van der Waals surface area (Å²) in [6, 6.07) is 9.67. The van der Waals surface area contributed by atoms with Crippen molar-refractivity contribution in [3.05, 3.63) is 35.9 Å². The number of ether oxygens (including phenoxy) is 1. The molecule has 0 amide bonds. The van der Waals surface area contributed by atoms with E-state index in [0.717, 1.165) is 5.56 Å². The van der Waals surface area contributed by atoms with Crippen LogP contribution in [0.25, 0.3) is 0 Å². The van der Waals surface area contributed by atoms with E-state index in [1.807, 2.05) is 44.2 Å². The highest BCUT2D eigenvalue weighted by Gasteiger charge is 2.28. The highest BCUT2D eigenvalue weighted by molar-refractivity contribution is 5.19. The van der Waals surface area contributed by atoms with Gasteiger partial charge in [0.2, 0.25) is 0 Å². The molecule has 0 unspecified atom stereocenters. The van der Waals surface area contributed by atoms with Crippen molar-refractivity contribution in [1.82, 2.24) is 0 Å². The van der Waals surface area contributed by atoms with Crippen LogP contribution in [0.5, 0.6) is 0 Å². The molecule has 0 fully saturated rings. The van der Waals surface area contributed by atoms with Crippen LogP contribution in [-0.2, 0) is 4.74 Å². The highest BCUT2D eigenvalue weighted by Crippen LogP contribution is 2.32. The van der Waals surface area contributed by atoms with Gasteiger partial charge in [-0.05, 0) is 5.56 Å². The average molecular weight is 194 g/mol. The zero-order chi connectivity index (χ0) is 10.6. The number of hydrogen-bond acceptors (Lipinski definition) is 2. The van der Waals surface area contributed by atoms with E-state index >= 15 is 0 Å². The maximum absolute atomic E-state index is 10.1. The lowest BCUT2D eigenvalue weighted by Gasteiger charge is -2.29. The second-order valence-corrected chi connectivity index (χ2v) is 4.23. The van der Waals surface area contributed by atoms with Crippen molar-refractivity contribution in [2.75, 3.05) is 13.7 Å². The van der Waals surface area contributed by atoms with Gasteiger partial charge in [0, 0.05) is 12.5 Å². The van der Waals surface area contributed by atoms with Gasteiger partial charge in [-0.25, -0.2) is 0 Å². The Morgan fingerprint density at radius 1 is 1.29 bits per heavy atom.